The zero-order valence-electron chi connectivity index (χ0n) is 15.7. The molecule has 138 valence electrons. The molecule has 1 aromatic carbocycles. The van der Waals surface area contributed by atoms with Gasteiger partial charge in [0.05, 0.1) is 0 Å². The molecule has 0 radical (unpaired) electrons. The molecule has 0 aliphatic heterocycles. The second-order valence-corrected chi connectivity index (χ2v) is 7.25. The maximum Gasteiger partial charge on any atom is 0.270 e. The van der Waals surface area contributed by atoms with Crippen molar-refractivity contribution in [1.82, 2.24) is 20.3 Å². The zero-order valence-corrected chi connectivity index (χ0v) is 15.7. The van der Waals surface area contributed by atoms with Crippen LogP contribution in [0.25, 0.3) is 0 Å². The molecule has 6 nitrogen and oxygen atoms in total. The van der Waals surface area contributed by atoms with Crippen LogP contribution in [0, 0.1) is 0 Å². The van der Waals surface area contributed by atoms with E-state index in [2.05, 4.69) is 52.4 Å². The van der Waals surface area contributed by atoms with Crippen molar-refractivity contribution < 1.29 is 4.79 Å². The number of rotatable bonds is 5. The highest BCUT2D eigenvalue weighted by Crippen LogP contribution is 2.30. The lowest BCUT2D eigenvalue weighted by molar-refractivity contribution is 0.0946. The first kappa shape index (κ1) is 18.5. The van der Waals surface area contributed by atoms with Crippen molar-refractivity contribution in [1.29, 1.82) is 0 Å². The molecular formula is C21H23N5O. The smallest absolute Gasteiger partial charge is 0.270 e. The van der Waals surface area contributed by atoms with E-state index in [0.29, 0.717) is 18.1 Å². The third kappa shape index (κ3) is 4.88. The molecule has 2 aromatic heterocycles. The highest BCUT2D eigenvalue weighted by atomic mass is 16.1. The molecule has 1 amide bonds. The fourth-order valence-corrected chi connectivity index (χ4v) is 2.71. The van der Waals surface area contributed by atoms with Gasteiger partial charge in [0, 0.05) is 30.7 Å². The summed E-state index contributed by atoms with van der Waals surface area (Å²) in [5.74, 6) is 0.331. The molecular weight excluding hydrogens is 338 g/mol. The van der Waals surface area contributed by atoms with E-state index in [-0.39, 0.29) is 11.3 Å². The summed E-state index contributed by atoms with van der Waals surface area (Å²) in [5, 5.41) is 6.17. The van der Waals surface area contributed by atoms with Crippen molar-refractivity contribution >= 4 is 17.4 Å². The highest BCUT2D eigenvalue weighted by molar-refractivity contribution is 5.92. The number of benzene rings is 1. The van der Waals surface area contributed by atoms with Crippen LogP contribution in [0.2, 0.25) is 0 Å². The summed E-state index contributed by atoms with van der Waals surface area (Å²) in [7, 11) is 0. The number of amides is 1. The number of nitrogens with zero attached hydrogens (tertiary/aromatic N) is 3. The Morgan fingerprint density at radius 3 is 2.52 bits per heavy atom. The van der Waals surface area contributed by atoms with Crippen LogP contribution >= 0.6 is 0 Å². The first-order valence-corrected chi connectivity index (χ1v) is 8.79. The van der Waals surface area contributed by atoms with Gasteiger partial charge in [-0.15, -0.1) is 0 Å². The maximum atomic E-state index is 12.4. The number of hydrogen-bond acceptors (Lipinski definition) is 5. The lowest BCUT2D eigenvalue weighted by atomic mass is 9.86. The van der Waals surface area contributed by atoms with Gasteiger partial charge in [-0.05, 0) is 34.7 Å². The molecule has 0 spiro atoms. The minimum atomic E-state index is -0.249. The number of carbonyl (C=O) groups excluding carboxylic acids is 1. The summed E-state index contributed by atoms with van der Waals surface area (Å²) < 4.78 is 0. The van der Waals surface area contributed by atoms with Gasteiger partial charge in [-0.2, -0.15) is 0 Å². The largest absolute Gasteiger partial charge is 0.347 e. The Morgan fingerprint density at radius 2 is 1.78 bits per heavy atom. The zero-order chi connectivity index (χ0) is 19.3. The minimum absolute atomic E-state index is 0.0125. The van der Waals surface area contributed by atoms with Crippen LogP contribution in [-0.2, 0) is 12.0 Å². The van der Waals surface area contributed by atoms with Crippen LogP contribution in [0.5, 0.6) is 0 Å². The Labute approximate surface area is 159 Å². The predicted molar refractivity (Wildman–Crippen MR) is 106 cm³/mol. The normalized spacial score (nSPS) is 11.1. The van der Waals surface area contributed by atoms with Crippen LogP contribution in [0.4, 0.5) is 11.5 Å². The lowest BCUT2D eigenvalue weighted by Gasteiger charge is -2.23. The third-order valence-corrected chi connectivity index (χ3v) is 4.10. The van der Waals surface area contributed by atoms with Crippen molar-refractivity contribution in [3.05, 3.63) is 78.0 Å². The van der Waals surface area contributed by atoms with E-state index in [0.717, 1.165) is 11.3 Å². The quantitative estimate of drug-likeness (QED) is 0.722. The molecule has 0 saturated heterocycles. The van der Waals surface area contributed by atoms with Crippen LogP contribution in [0.3, 0.4) is 0 Å². The monoisotopic (exact) mass is 361 g/mol. The standard InChI is InChI=1S/C21H23N5O/c1-21(2,3)16-6-4-5-7-17(16)26-19-12-18(24-14-25-19)20(27)23-13-15-8-10-22-11-9-15/h4-12,14H,13H2,1-3H3,(H,23,27)(H,24,25,26). The van der Waals surface area contributed by atoms with Gasteiger partial charge in [-0.25, -0.2) is 9.97 Å². The average Bonchev–Trinajstić information content (AvgIpc) is 2.67. The highest BCUT2D eigenvalue weighted by Gasteiger charge is 2.18. The first-order valence-electron chi connectivity index (χ1n) is 8.79. The summed E-state index contributed by atoms with van der Waals surface area (Å²) in [5.41, 5.74) is 3.42. The fraction of sp³-hybridized carbons (Fsp3) is 0.238. The van der Waals surface area contributed by atoms with Gasteiger partial charge in [0.1, 0.15) is 17.8 Å². The van der Waals surface area contributed by atoms with E-state index in [1.165, 1.54) is 11.9 Å². The molecule has 27 heavy (non-hydrogen) atoms. The number of pyridine rings is 1. The van der Waals surface area contributed by atoms with Crippen molar-refractivity contribution in [2.24, 2.45) is 0 Å². The van der Waals surface area contributed by atoms with E-state index in [9.17, 15) is 4.79 Å². The second-order valence-electron chi connectivity index (χ2n) is 7.25. The van der Waals surface area contributed by atoms with Gasteiger partial charge in [-0.3, -0.25) is 9.78 Å². The molecule has 3 aromatic rings. The van der Waals surface area contributed by atoms with Gasteiger partial charge >= 0.3 is 0 Å². The Kier molecular flexibility index (Phi) is 5.45. The summed E-state index contributed by atoms with van der Waals surface area (Å²) in [6.45, 7) is 6.89. The lowest BCUT2D eigenvalue weighted by Crippen LogP contribution is -2.24. The number of carbonyl (C=O) groups is 1. The molecule has 0 bridgehead atoms. The number of para-hydroxylation sites is 1. The van der Waals surface area contributed by atoms with Crippen molar-refractivity contribution in [3.8, 4) is 0 Å². The number of nitrogens with one attached hydrogen (secondary N) is 2. The topological polar surface area (TPSA) is 79.8 Å². The van der Waals surface area contributed by atoms with E-state index < -0.39 is 0 Å². The summed E-state index contributed by atoms with van der Waals surface area (Å²) in [6.07, 6.45) is 4.78. The number of hydrogen-bond donors (Lipinski definition) is 2. The van der Waals surface area contributed by atoms with E-state index in [1.807, 2.05) is 30.3 Å². The Balaban J connectivity index is 1.74. The van der Waals surface area contributed by atoms with Gasteiger partial charge in [0.25, 0.3) is 5.91 Å². The van der Waals surface area contributed by atoms with E-state index in [4.69, 9.17) is 0 Å². The first-order chi connectivity index (χ1) is 12.9. The summed E-state index contributed by atoms with van der Waals surface area (Å²) in [6, 6.07) is 13.5. The van der Waals surface area contributed by atoms with Gasteiger partial charge in [0.2, 0.25) is 0 Å². The SMILES string of the molecule is CC(C)(C)c1ccccc1Nc1cc(C(=O)NCc2ccncc2)ncn1. The van der Waals surface area contributed by atoms with Crippen LogP contribution < -0.4 is 10.6 Å². The molecule has 3 rings (SSSR count). The summed E-state index contributed by atoms with van der Waals surface area (Å²) in [4.78, 5) is 24.7. The maximum absolute atomic E-state index is 12.4. The second kappa shape index (κ2) is 7.95. The predicted octanol–water partition coefficient (Wildman–Crippen LogP) is 3.84. The molecule has 0 fully saturated rings. The molecule has 6 heteroatoms. The molecule has 2 N–H and O–H groups in total. The van der Waals surface area contributed by atoms with Gasteiger partial charge < -0.3 is 10.6 Å². The fourth-order valence-electron chi connectivity index (χ4n) is 2.71. The Hall–Kier alpha value is -3.28. The van der Waals surface area contributed by atoms with Gasteiger partial charge in [-0.1, -0.05) is 39.0 Å². The van der Waals surface area contributed by atoms with E-state index >= 15 is 0 Å². The minimum Gasteiger partial charge on any atom is -0.347 e. The molecule has 0 atom stereocenters. The summed E-state index contributed by atoms with van der Waals surface area (Å²) >= 11 is 0. The molecule has 2 heterocycles. The Bertz CT molecular complexity index is 919. The average molecular weight is 361 g/mol. The van der Waals surface area contributed by atoms with Crippen molar-refractivity contribution in [2.75, 3.05) is 5.32 Å². The van der Waals surface area contributed by atoms with Crippen LogP contribution in [0.1, 0.15) is 42.4 Å². The number of anilines is 2. The number of aromatic nitrogens is 3. The van der Waals surface area contributed by atoms with Crippen LogP contribution in [-0.4, -0.2) is 20.9 Å². The van der Waals surface area contributed by atoms with Crippen molar-refractivity contribution in [3.63, 3.8) is 0 Å². The molecule has 0 aliphatic carbocycles. The van der Waals surface area contributed by atoms with Crippen LogP contribution in [0.15, 0.2) is 61.2 Å². The molecule has 0 saturated carbocycles. The van der Waals surface area contributed by atoms with E-state index in [1.54, 1.807) is 18.5 Å². The Morgan fingerprint density at radius 1 is 1.04 bits per heavy atom. The molecule has 0 unspecified atom stereocenters. The molecule has 0 aliphatic rings. The third-order valence-electron chi connectivity index (χ3n) is 4.10. The van der Waals surface area contributed by atoms with Crippen molar-refractivity contribution in [2.45, 2.75) is 32.7 Å². The van der Waals surface area contributed by atoms with Gasteiger partial charge in [0.15, 0.2) is 0 Å².